The maximum Gasteiger partial charge on any atom is 0.0462 e. The van der Waals surface area contributed by atoms with Crippen LogP contribution in [-0.2, 0) is 11.2 Å². The third-order valence-corrected chi connectivity index (χ3v) is 3.25. The number of hydrogen-bond donors (Lipinski definition) is 1. The Morgan fingerprint density at radius 2 is 1.83 bits per heavy atom. The molecule has 0 amide bonds. The van der Waals surface area contributed by atoms with Gasteiger partial charge in [0.25, 0.3) is 0 Å². The largest absolute Gasteiger partial charge is 0.385 e. The molecule has 1 N–H and O–H groups in total. The van der Waals surface area contributed by atoms with Gasteiger partial charge in [-0.25, -0.2) is 0 Å². The van der Waals surface area contributed by atoms with Crippen molar-refractivity contribution in [2.75, 3.05) is 20.3 Å². The van der Waals surface area contributed by atoms with Crippen LogP contribution in [0, 0.1) is 0 Å². The molecule has 1 aromatic rings. The molecule has 102 valence electrons. The SMILES string of the molecule is CCNC(CCCOC)CCCc1ccccc1. The van der Waals surface area contributed by atoms with E-state index in [2.05, 4.69) is 42.6 Å². The first-order valence-electron chi connectivity index (χ1n) is 7.13. The highest BCUT2D eigenvalue weighted by molar-refractivity contribution is 5.14. The lowest BCUT2D eigenvalue weighted by Crippen LogP contribution is -2.29. The Labute approximate surface area is 112 Å². The van der Waals surface area contributed by atoms with Gasteiger partial charge in [-0.1, -0.05) is 37.3 Å². The van der Waals surface area contributed by atoms with Crippen LogP contribution in [0.15, 0.2) is 30.3 Å². The number of nitrogens with one attached hydrogen (secondary N) is 1. The Kier molecular flexibility index (Phi) is 8.53. The fourth-order valence-corrected chi connectivity index (χ4v) is 2.31. The van der Waals surface area contributed by atoms with Crippen molar-refractivity contribution >= 4 is 0 Å². The second-order valence-electron chi connectivity index (χ2n) is 4.77. The van der Waals surface area contributed by atoms with Gasteiger partial charge in [0.05, 0.1) is 0 Å². The molecule has 0 aliphatic heterocycles. The summed E-state index contributed by atoms with van der Waals surface area (Å²) in [6.45, 7) is 4.12. The van der Waals surface area contributed by atoms with E-state index in [1.54, 1.807) is 7.11 Å². The Hall–Kier alpha value is -0.860. The standard InChI is InChI=1S/C16H27NO/c1-3-17-16(13-8-14-18-2)12-7-11-15-9-5-4-6-10-15/h4-6,9-10,16-17H,3,7-8,11-14H2,1-2H3. The van der Waals surface area contributed by atoms with E-state index >= 15 is 0 Å². The molecule has 0 radical (unpaired) electrons. The van der Waals surface area contributed by atoms with E-state index in [1.807, 2.05) is 0 Å². The van der Waals surface area contributed by atoms with Gasteiger partial charge in [-0.15, -0.1) is 0 Å². The van der Waals surface area contributed by atoms with Crippen molar-refractivity contribution in [1.82, 2.24) is 5.32 Å². The third-order valence-electron chi connectivity index (χ3n) is 3.25. The summed E-state index contributed by atoms with van der Waals surface area (Å²) in [6.07, 6.45) is 6.07. The van der Waals surface area contributed by atoms with Gasteiger partial charge in [-0.05, 0) is 44.2 Å². The summed E-state index contributed by atoms with van der Waals surface area (Å²) >= 11 is 0. The predicted octanol–water partition coefficient (Wildman–Crippen LogP) is 3.41. The monoisotopic (exact) mass is 249 g/mol. The van der Waals surface area contributed by atoms with Crippen LogP contribution in [0.2, 0.25) is 0 Å². The van der Waals surface area contributed by atoms with E-state index in [4.69, 9.17) is 4.74 Å². The smallest absolute Gasteiger partial charge is 0.0462 e. The van der Waals surface area contributed by atoms with Crippen LogP contribution in [0.3, 0.4) is 0 Å². The molecule has 18 heavy (non-hydrogen) atoms. The molecule has 1 aromatic carbocycles. The number of methoxy groups -OCH3 is 1. The molecule has 0 saturated carbocycles. The zero-order chi connectivity index (χ0) is 13.1. The minimum Gasteiger partial charge on any atom is -0.385 e. The highest BCUT2D eigenvalue weighted by atomic mass is 16.5. The van der Waals surface area contributed by atoms with Crippen LogP contribution in [0.1, 0.15) is 38.2 Å². The lowest BCUT2D eigenvalue weighted by Gasteiger charge is -2.17. The van der Waals surface area contributed by atoms with Crippen LogP contribution in [0.4, 0.5) is 0 Å². The zero-order valence-electron chi connectivity index (χ0n) is 11.8. The fraction of sp³-hybridized carbons (Fsp3) is 0.625. The number of aryl methyl sites for hydroxylation is 1. The predicted molar refractivity (Wildman–Crippen MR) is 78.0 cm³/mol. The van der Waals surface area contributed by atoms with Crippen molar-refractivity contribution in [3.8, 4) is 0 Å². The number of benzene rings is 1. The summed E-state index contributed by atoms with van der Waals surface area (Å²) in [7, 11) is 1.78. The Morgan fingerprint density at radius 1 is 1.11 bits per heavy atom. The van der Waals surface area contributed by atoms with Crippen LogP contribution < -0.4 is 5.32 Å². The van der Waals surface area contributed by atoms with Gasteiger partial charge >= 0.3 is 0 Å². The van der Waals surface area contributed by atoms with Crippen molar-refractivity contribution in [2.24, 2.45) is 0 Å². The molecular weight excluding hydrogens is 222 g/mol. The van der Waals surface area contributed by atoms with E-state index in [1.165, 1.54) is 31.2 Å². The van der Waals surface area contributed by atoms with Gasteiger partial charge in [-0.2, -0.15) is 0 Å². The first kappa shape index (κ1) is 15.2. The summed E-state index contributed by atoms with van der Waals surface area (Å²) in [5.74, 6) is 0. The molecule has 0 heterocycles. The molecule has 0 fully saturated rings. The molecule has 0 aliphatic carbocycles. The zero-order valence-corrected chi connectivity index (χ0v) is 11.8. The Morgan fingerprint density at radius 3 is 2.50 bits per heavy atom. The second kappa shape index (κ2) is 10.1. The van der Waals surface area contributed by atoms with Gasteiger partial charge < -0.3 is 10.1 Å². The van der Waals surface area contributed by atoms with Crippen molar-refractivity contribution in [3.63, 3.8) is 0 Å². The van der Waals surface area contributed by atoms with Gasteiger partial charge in [0, 0.05) is 19.8 Å². The maximum absolute atomic E-state index is 5.12. The van der Waals surface area contributed by atoms with Crippen molar-refractivity contribution in [1.29, 1.82) is 0 Å². The molecule has 1 atom stereocenters. The van der Waals surface area contributed by atoms with Crippen molar-refractivity contribution in [2.45, 2.75) is 45.1 Å². The van der Waals surface area contributed by atoms with Crippen LogP contribution in [0.5, 0.6) is 0 Å². The van der Waals surface area contributed by atoms with E-state index in [0.29, 0.717) is 6.04 Å². The molecule has 2 heteroatoms. The van der Waals surface area contributed by atoms with Crippen LogP contribution in [0.25, 0.3) is 0 Å². The summed E-state index contributed by atoms with van der Waals surface area (Å²) < 4.78 is 5.12. The second-order valence-corrected chi connectivity index (χ2v) is 4.77. The molecule has 2 nitrogen and oxygen atoms in total. The number of rotatable bonds is 10. The molecule has 0 bridgehead atoms. The topological polar surface area (TPSA) is 21.3 Å². The highest BCUT2D eigenvalue weighted by Gasteiger charge is 2.06. The van der Waals surface area contributed by atoms with E-state index in [9.17, 15) is 0 Å². The molecule has 0 aliphatic rings. The van der Waals surface area contributed by atoms with Crippen LogP contribution >= 0.6 is 0 Å². The average molecular weight is 249 g/mol. The fourth-order valence-electron chi connectivity index (χ4n) is 2.31. The summed E-state index contributed by atoms with van der Waals surface area (Å²) in [4.78, 5) is 0. The molecule has 1 unspecified atom stereocenters. The highest BCUT2D eigenvalue weighted by Crippen LogP contribution is 2.10. The minimum atomic E-state index is 0.647. The Bertz CT molecular complexity index is 286. The molecule has 0 saturated heterocycles. The first-order chi connectivity index (χ1) is 8.86. The van der Waals surface area contributed by atoms with Gasteiger partial charge in [0.15, 0.2) is 0 Å². The van der Waals surface area contributed by atoms with Gasteiger partial charge in [0.1, 0.15) is 0 Å². The molecule has 1 rings (SSSR count). The lowest BCUT2D eigenvalue weighted by molar-refractivity contribution is 0.188. The third kappa shape index (κ3) is 6.77. The minimum absolute atomic E-state index is 0.647. The lowest BCUT2D eigenvalue weighted by atomic mass is 10.0. The quantitative estimate of drug-likeness (QED) is 0.642. The van der Waals surface area contributed by atoms with Crippen molar-refractivity contribution < 1.29 is 4.74 Å². The van der Waals surface area contributed by atoms with E-state index < -0.39 is 0 Å². The average Bonchev–Trinajstić information content (AvgIpc) is 2.40. The van der Waals surface area contributed by atoms with Crippen molar-refractivity contribution in [3.05, 3.63) is 35.9 Å². The molecular formula is C16H27NO. The molecule has 0 aromatic heterocycles. The van der Waals surface area contributed by atoms with E-state index in [0.717, 1.165) is 19.6 Å². The Balaban J connectivity index is 2.20. The first-order valence-corrected chi connectivity index (χ1v) is 7.13. The summed E-state index contributed by atoms with van der Waals surface area (Å²) in [5, 5.41) is 3.57. The van der Waals surface area contributed by atoms with Gasteiger partial charge in [-0.3, -0.25) is 0 Å². The summed E-state index contributed by atoms with van der Waals surface area (Å²) in [5.41, 5.74) is 1.45. The normalized spacial score (nSPS) is 12.6. The van der Waals surface area contributed by atoms with Gasteiger partial charge in [0.2, 0.25) is 0 Å². The number of hydrogen-bond acceptors (Lipinski definition) is 2. The molecule has 0 spiro atoms. The van der Waals surface area contributed by atoms with Crippen LogP contribution in [-0.4, -0.2) is 26.3 Å². The summed E-state index contributed by atoms with van der Waals surface area (Å²) in [6, 6.07) is 11.4. The number of ether oxygens (including phenoxy) is 1. The van der Waals surface area contributed by atoms with E-state index in [-0.39, 0.29) is 0 Å². The maximum atomic E-state index is 5.12.